The monoisotopic (exact) mass is 396 g/mol. The van der Waals surface area contributed by atoms with Gasteiger partial charge < -0.3 is 10.4 Å². The van der Waals surface area contributed by atoms with E-state index in [2.05, 4.69) is 10.4 Å². The van der Waals surface area contributed by atoms with E-state index in [1.807, 2.05) is 49.1 Å². The highest BCUT2D eigenvalue weighted by Crippen LogP contribution is 2.39. The second kappa shape index (κ2) is 7.99. The summed E-state index contributed by atoms with van der Waals surface area (Å²) in [5, 5.41) is 17.1. The lowest BCUT2D eigenvalue weighted by Gasteiger charge is -2.32. The molecule has 1 aliphatic carbocycles. The highest BCUT2D eigenvalue weighted by molar-refractivity contribution is 5.92. The van der Waals surface area contributed by atoms with Crippen molar-refractivity contribution in [2.75, 3.05) is 11.9 Å². The number of anilines is 1. The first-order valence-corrected chi connectivity index (χ1v) is 10.3. The maximum Gasteiger partial charge on any atom is 0.320 e. The molecule has 0 bridgehead atoms. The van der Waals surface area contributed by atoms with Gasteiger partial charge in [-0.05, 0) is 51.2 Å². The van der Waals surface area contributed by atoms with Gasteiger partial charge in [0, 0.05) is 12.1 Å². The normalized spacial score (nSPS) is 24.3. The third-order valence-electron chi connectivity index (χ3n) is 6.21. The summed E-state index contributed by atoms with van der Waals surface area (Å²) >= 11 is 0. The second-order valence-corrected chi connectivity index (χ2v) is 8.34. The minimum Gasteiger partial charge on any atom is -0.480 e. The fourth-order valence-electron chi connectivity index (χ4n) is 4.84. The number of likely N-dealkylation sites (tertiary alicyclic amines) is 1. The van der Waals surface area contributed by atoms with Crippen molar-refractivity contribution >= 4 is 17.7 Å². The Morgan fingerprint density at radius 2 is 1.90 bits per heavy atom. The predicted molar refractivity (Wildman–Crippen MR) is 110 cm³/mol. The number of hydrogen-bond donors (Lipinski definition) is 2. The Kier molecular flexibility index (Phi) is 5.41. The van der Waals surface area contributed by atoms with Gasteiger partial charge in [-0.1, -0.05) is 30.5 Å². The van der Waals surface area contributed by atoms with E-state index in [0.29, 0.717) is 18.2 Å². The molecule has 2 aliphatic rings. The van der Waals surface area contributed by atoms with Crippen LogP contribution in [-0.4, -0.2) is 50.3 Å². The molecule has 3 atom stereocenters. The van der Waals surface area contributed by atoms with Gasteiger partial charge in [-0.2, -0.15) is 5.10 Å². The molecular formula is C22H28N4O3. The molecule has 2 fully saturated rings. The van der Waals surface area contributed by atoms with E-state index in [4.69, 9.17) is 0 Å². The van der Waals surface area contributed by atoms with Gasteiger partial charge >= 0.3 is 5.97 Å². The molecule has 1 aromatic heterocycles. The fraction of sp³-hybridized carbons (Fsp3) is 0.500. The molecule has 1 saturated heterocycles. The topological polar surface area (TPSA) is 87.5 Å². The summed E-state index contributed by atoms with van der Waals surface area (Å²) < 4.78 is 1.72. The zero-order chi connectivity index (χ0) is 20.5. The molecule has 0 radical (unpaired) electrons. The summed E-state index contributed by atoms with van der Waals surface area (Å²) in [6, 6.07) is 9.39. The highest BCUT2D eigenvalue weighted by Gasteiger charge is 2.45. The number of amides is 1. The number of aryl methyl sites for hydroxylation is 2. The molecule has 1 amide bonds. The summed E-state index contributed by atoms with van der Waals surface area (Å²) in [7, 11) is 0. The van der Waals surface area contributed by atoms with E-state index in [0.717, 1.165) is 42.6 Å². The van der Waals surface area contributed by atoms with Crippen molar-refractivity contribution in [1.29, 1.82) is 0 Å². The van der Waals surface area contributed by atoms with Crippen LogP contribution in [0, 0.1) is 19.8 Å². The molecule has 2 heterocycles. The predicted octanol–water partition coefficient (Wildman–Crippen LogP) is 3.15. The average Bonchev–Trinajstić information content (AvgIpc) is 3.23. The van der Waals surface area contributed by atoms with Crippen molar-refractivity contribution in [3.05, 3.63) is 41.6 Å². The van der Waals surface area contributed by atoms with Crippen LogP contribution in [0.1, 0.15) is 43.4 Å². The number of carbonyl (C=O) groups excluding carboxylic acids is 1. The van der Waals surface area contributed by atoms with Crippen LogP contribution in [-0.2, 0) is 9.59 Å². The van der Waals surface area contributed by atoms with E-state index < -0.39 is 12.0 Å². The Morgan fingerprint density at radius 1 is 1.17 bits per heavy atom. The molecule has 1 aromatic carbocycles. The van der Waals surface area contributed by atoms with E-state index in [1.54, 1.807) is 4.68 Å². The van der Waals surface area contributed by atoms with Crippen molar-refractivity contribution in [2.45, 2.75) is 58.0 Å². The summed E-state index contributed by atoms with van der Waals surface area (Å²) in [6.45, 7) is 4.00. The molecular weight excluding hydrogens is 368 g/mol. The summed E-state index contributed by atoms with van der Waals surface area (Å²) in [4.78, 5) is 26.6. The molecule has 4 rings (SSSR count). The largest absolute Gasteiger partial charge is 0.480 e. The minimum absolute atomic E-state index is 0.0935. The number of aromatic nitrogens is 2. The highest BCUT2D eigenvalue weighted by atomic mass is 16.4. The van der Waals surface area contributed by atoms with E-state index in [1.165, 1.54) is 0 Å². The zero-order valence-corrected chi connectivity index (χ0v) is 17.0. The lowest BCUT2D eigenvalue weighted by Crippen LogP contribution is -2.46. The Morgan fingerprint density at radius 3 is 2.62 bits per heavy atom. The standard InChI is InChI=1S/C22H28N4O3/c1-14-7-9-17(10-8-14)26-20(11-15(2)24-26)23-21(27)13-25-18-6-4-3-5-16(18)12-19(25)22(28)29/h7-11,16,18-19H,3-6,12-13H2,1-2H3,(H,23,27)(H,28,29). The molecule has 7 heteroatoms. The Bertz CT molecular complexity index is 905. The van der Waals surface area contributed by atoms with E-state index >= 15 is 0 Å². The molecule has 0 spiro atoms. The summed E-state index contributed by atoms with van der Waals surface area (Å²) in [5.41, 5.74) is 2.83. The van der Waals surface area contributed by atoms with Crippen LogP contribution in [0.3, 0.4) is 0 Å². The van der Waals surface area contributed by atoms with Crippen LogP contribution >= 0.6 is 0 Å². The van der Waals surface area contributed by atoms with Crippen molar-refractivity contribution in [2.24, 2.45) is 5.92 Å². The maximum absolute atomic E-state index is 12.9. The van der Waals surface area contributed by atoms with Gasteiger partial charge in [0.2, 0.25) is 5.91 Å². The number of carboxylic acid groups (broad SMARTS) is 1. The van der Waals surface area contributed by atoms with E-state index in [-0.39, 0.29) is 18.5 Å². The van der Waals surface area contributed by atoms with Crippen molar-refractivity contribution in [3.8, 4) is 5.69 Å². The lowest BCUT2D eigenvalue weighted by atomic mass is 9.85. The SMILES string of the molecule is Cc1ccc(-n2nc(C)cc2NC(=O)CN2C(C(=O)O)CC3CCCCC32)cc1. The van der Waals surface area contributed by atoms with E-state index in [9.17, 15) is 14.7 Å². The Balaban J connectivity index is 1.51. The molecule has 2 aromatic rings. The molecule has 2 N–H and O–H groups in total. The molecule has 1 saturated carbocycles. The number of hydrogen-bond acceptors (Lipinski definition) is 4. The number of benzene rings is 1. The minimum atomic E-state index is -0.826. The first kappa shape index (κ1) is 19.6. The summed E-state index contributed by atoms with van der Waals surface area (Å²) in [6.07, 6.45) is 4.94. The number of nitrogens with zero attached hydrogens (tertiary/aromatic N) is 3. The van der Waals surface area contributed by atoms with Crippen LogP contribution in [0.15, 0.2) is 30.3 Å². The van der Waals surface area contributed by atoms with Gasteiger partial charge in [-0.3, -0.25) is 14.5 Å². The van der Waals surface area contributed by atoms with Crippen LogP contribution < -0.4 is 5.32 Å². The quantitative estimate of drug-likeness (QED) is 0.811. The van der Waals surface area contributed by atoms with Gasteiger partial charge in [0.15, 0.2) is 0 Å². The number of rotatable bonds is 5. The first-order valence-electron chi connectivity index (χ1n) is 10.3. The third-order valence-corrected chi connectivity index (χ3v) is 6.21. The van der Waals surface area contributed by atoms with Crippen molar-refractivity contribution < 1.29 is 14.7 Å². The van der Waals surface area contributed by atoms with Gasteiger partial charge in [0.25, 0.3) is 0 Å². The van der Waals surface area contributed by atoms with Crippen LogP contribution in [0.4, 0.5) is 5.82 Å². The van der Waals surface area contributed by atoms with Gasteiger partial charge in [-0.25, -0.2) is 4.68 Å². The van der Waals surface area contributed by atoms with Crippen molar-refractivity contribution in [3.63, 3.8) is 0 Å². The average molecular weight is 396 g/mol. The van der Waals surface area contributed by atoms with Crippen LogP contribution in [0.25, 0.3) is 5.69 Å². The second-order valence-electron chi connectivity index (χ2n) is 8.34. The van der Waals surface area contributed by atoms with Gasteiger partial charge in [0.05, 0.1) is 17.9 Å². The number of carboxylic acids is 1. The lowest BCUT2D eigenvalue weighted by molar-refractivity contribution is -0.143. The number of carbonyl (C=O) groups is 2. The zero-order valence-electron chi connectivity index (χ0n) is 17.0. The molecule has 154 valence electrons. The Hall–Kier alpha value is -2.67. The molecule has 1 aliphatic heterocycles. The first-order chi connectivity index (χ1) is 13.9. The fourth-order valence-corrected chi connectivity index (χ4v) is 4.84. The smallest absolute Gasteiger partial charge is 0.320 e. The third kappa shape index (κ3) is 4.05. The molecule has 29 heavy (non-hydrogen) atoms. The number of fused-ring (bicyclic) bond motifs is 1. The maximum atomic E-state index is 12.9. The Labute approximate surface area is 170 Å². The summed E-state index contributed by atoms with van der Waals surface area (Å²) in [5.74, 6) is -0.0379. The number of aliphatic carboxylic acids is 1. The van der Waals surface area contributed by atoms with Gasteiger partial charge in [0.1, 0.15) is 11.9 Å². The number of nitrogens with one attached hydrogen (secondary N) is 1. The van der Waals surface area contributed by atoms with Crippen molar-refractivity contribution in [1.82, 2.24) is 14.7 Å². The van der Waals surface area contributed by atoms with Crippen LogP contribution in [0.5, 0.6) is 0 Å². The molecule has 3 unspecified atom stereocenters. The van der Waals surface area contributed by atoms with Crippen LogP contribution in [0.2, 0.25) is 0 Å². The van der Waals surface area contributed by atoms with Gasteiger partial charge in [-0.15, -0.1) is 0 Å². The molecule has 7 nitrogen and oxygen atoms in total.